The zero-order valence-electron chi connectivity index (χ0n) is 17.3. The molecule has 156 valence electrons. The van der Waals surface area contributed by atoms with Crippen LogP contribution in [0, 0.1) is 13.8 Å². The molecule has 7 heteroatoms. The van der Waals surface area contributed by atoms with E-state index in [0.29, 0.717) is 19.1 Å². The molecule has 3 rings (SSSR count). The van der Waals surface area contributed by atoms with Crippen LogP contribution in [0.3, 0.4) is 0 Å². The van der Waals surface area contributed by atoms with Gasteiger partial charge < -0.3 is 4.90 Å². The van der Waals surface area contributed by atoms with Crippen molar-refractivity contribution >= 4 is 15.9 Å². The maximum absolute atomic E-state index is 12.7. The Kier molecular flexibility index (Phi) is 6.41. The van der Waals surface area contributed by atoms with Crippen LogP contribution in [0.1, 0.15) is 35.2 Å². The van der Waals surface area contributed by atoms with Gasteiger partial charge in [0, 0.05) is 32.2 Å². The number of hydrogen-bond donors (Lipinski definition) is 1. The number of carbonyl (C=O) groups excluding carboxylic acids is 1. The van der Waals surface area contributed by atoms with Gasteiger partial charge in [0.15, 0.2) is 0 Å². The fourth-order valence-electron chi connectivity index (χ4n) is 3.93. The lowest BCUT2D eigenvalue weighted by Crippen LogP contribution is -2.49. The fourth-order valence-corrected chi connectivity index (χ4v) is 4.45. The summed E-state index contributed by atoms with van der Waals surface area (Å²) in [4.78, 5) is 17.0. The highest BCUT2D eigenvalue weighted by Gasteiger charge is 2.25. The standard InChI is InChI=1S/C22H29N3O3S/c1-16-4-9-21(17(2)14-16)18(3)24-10-12-25(13-11-24)22(26)15-19-5-7-20(8-6-19)29(23,27)28/h4-9,14,18H,10-13,15H2,1-3H3,(H2,23,27,28). The number of piperazine rings is 1. The van der Waals surface area contributed by atoms with Gasteiger partial charge in [0.2, 0.25) is 15.9 Å². The topological polar surface area (TPSA) is 83.7 Å². The van der Waals surface area contributed by atoms with Gasteiger partial charge in [0.05, 0.1) is 11.3 Å². The molecule has 0 bridgehead atoms. The molecule has 1 saturated heterocycles. The van der Waals surface area contributed by atoms with Gasteiger partial charge in [-0.2, -0.15) is 0 Å². The van der Waals surface area contributed by atoms with Crippen molar-refractivity contribution in [1.29, 1.82) is 0 Å². The van der Waals surface area contributed by atoms with Crippen molar-refractivity contribution in [2.24, 2.45) is 5.14 Å². The maximum atomic E-state index is 12.7. The summed E-state index contributed by atoms with van der Waals surface area (Å²) < 4.78 is 22.7. The lowest BCUT2D eigenvalue weighted by atomic mass is 9.98. The molecule has 2 aromatic rings. The molecule has 0 aromatic heterocycles. The number of benzene rings is 2. The second-order valence-corrected chi connectivity index (χ2v) is 9.38. The molecule has 1 aliphatic rings. The molecule has 1 atom stereocenters. The second kappa shape index (κ2) is 8.65. The van der Waals surface area contributed by atoms with Crippen LogP contribution in [0.15, 0.2) is 47.4 Å². The van der Waals surface area contributed by atoms with Crippen molar-refractivity contribution in [2.45, 2.75) is 38.1 Å². The minimum absolute atomic E-state index is 0.0581. The van der Waals surface area contributed by atoms with Gasteiger partial charge in [-0.05, 0) is 49.6 Å². The molecule has 0 aliphatic carbocycles. The highest BCUT2D eigenvalue weighted by molar-refractivity contribution is 7.89. The van der Waals surface area contributed by atoms with Crippen LogP contribution in [-0.4, -0.2) is 50.3 Å². The molecule has 29 heavy (non-hydrogen) atoms. The summed E-state index contributed by atoms with van der Waals surface area (Å²) in [6, 6.07) is 13.1. The molecule has 2 N–H and O–H groups in total. The number of amides is 1. The molecule has 6 nitrogen and oxygen atoms in total. The second-order valence-electron chi connectivity index (χ2n) is 7.82. The molecule has 1 amide bonds. The Morgan fingerprint density at radius 1 is 1.03 bits per heavy atom. The number of sulfonamides is 1. The summed E-state index contributed by atoms with van der Waals surface area (Å²) in [5.74, 6) is 0.0622. The van der Waals surface area contributed by atoms with Crippen LogP contribution in [0.5, 0.6) is 0 Å². The predicted molar refractivity (Wildman–Crippen MR) is 114 cm³/mol. The minimum Gasteiger partial charge on any atom is -0.340 e. The zero-order valence-corrected chi connectivity index (χ0v) is 18.1. The van der Waals surface area contributed by atoms with Gasteiger partial charge in [-0.1, -0.05) is 35.9 Å². The maximum Gasteiger partial charge on any atom is 0.238 e. The molecule has 1 aliphatic heterocycles. The van der Waals surface area contributed by atoms with Gasteiger partial charge in [0.25, 0.3) is 0 Å². The number of nitrogens with two attached hydrogens (primary N) is 1. The number of aryl methyl sites for hydroxylation is 2. The number of hydrogen-bond acceptors (Lipinski definition) is 4. The Balaban J connectivity index is 1.56. The van der Waals surface area contributed by atoms with E-state index in [1.807, 2.05) is 4.90 Å². The molecule has 1 unspecified atom stereocenters. The molecule has 0 saturated carbocycles. The van der Waals surface area contributed by atoms with Gasteiger partial charge in [-0.15, -0.1) is 0 Å². The van der Waals surface area contributed by atoms with Crippen molar-refractivity contribution < 1.29 is 13.2 Å². The Bertz CT molecular complexity index is 979. The summed E-state index contributed by atoms with van der Waals surface area (Å²) in [5.41, 5.74) is 4.70. The van der Waals surface area contributed by atoms with Gasteiger partial charge in [-0.3, -0.25) is 9.69 Å². The molecule has 0 radical (unpaired) electrons. The molecular formula is C22H29N3O3S. The van der Waals surface area contributed by atoms with Crippen LogP contribution in [0.4, 0.5) is 0 Å². The molecule has 1 fully saturated rings. The fraction of sp³-hybridized carbons (Fsp3) is 0.409. The highest BCUT2D eigenvalue weighted by atomic mass is 32.2. The summed E-state index contributed by atoms with van der Waals surface area (Å²) in [5, 5.41) is 5.11. The van der Waals surface area contributed by atoms with Crippen molar-refractivity contribution in [2.75, 3.05) is 26.2 Å². The van der Waals surface area contributed by atoms with Gasteiger partial charge in [-0.25, -0.2) is 13.6 Å². The van der Waals surface area contributed by atoms with Crippen molar-refractivity contribution in [3.05, 3.63) is 64.7 Å². The Morgan fingerprint density at radius 3 is 2.21 bits per heavy atom. The number of carbonyl (C=O) groups is 1. The molecule has 2 aromatic carbocycles. The third kappa shape index (κ3) is 5.23. The van der Waals surface area contributed by atoms with E-state index < -0.39 is 10.0 Å². The average Bonchev–Trinajstić information content (AvgIpc) is 2.67. The van der Waals surface area contributed by atoms with E-state index in [1.54, 1.807) is 12.1 Å². The van der Waals surface area contributed by atoms with Crippen molar-refractivity contribution in [3.63, 3.8) is 0 Å². The Morgan fingerprint density at radius 2 is 1.66 bits per heavy atom. The van der Waals surface area contributed by atoms with E-state index in [0.717, 1.165) is 18.7 Å². The lowest BCUT2D eigenvalue weighted by molar-refractivity contribution is -0.132. The first-order valence-corrected chi connectivity index (χ1v) is 11.4. The molecular weight excluding hydrogens is 386 g/mol. The van der Waals surface area contributed by atoms with Gasteiger partial charge in [0.1, 0.15) is 0 Å². The van der Waals surface area contributed by atoms with Crippen molar-refractivity contribution in [1.82, 2.24) is 9.80 Å². The highest BCUT2D eigenvalue weighted by Crippen LogP contribution is 2.25. The third-order valence-corrected chi connectivity index (χ3v) is 6.63. The Hall–Kier alpha value is -2.22. The number of nitrogens with zero attached hydrogens (tertiary/aromatic N) is 2. The van der Waals surface area contributed by atoms with E-state index in [9.17, 15) is 13.2 Å². The lowest BCUT2D eigenvalue weighted by Gasteiger charge is -2.38. The van der Waals surface area contributed by atoms with E-state index in [1.165, 1.54) is 28.8 Å². The van der Waals surface area contributed by atoms with Crippen LogP contribution in [0.2, 0.25) is 0 Å². The van der Waals surface area contributed by atoms with Crippen LogP contribution in [-0.2, 0) is 21.2 Å². The smallest absolute Gasteiger partial charge is 0.238 e. The first-order chi connectivity index (χ1) is 13.6. The predicted octanol–water partition coefficient (Wildman–Crippen LogP) is 2.40. The molecule has 0 spiro atoms. The van der Waals surface area contributed by atoms with E-state index >= 15 is 0 Å². The SMILES string of the molecule is Cc1ccc(C(C)N2CCN(C(=O)Cc3ccc(S(N)(=O)=O)cc3)CC2)c(C)c1. The summed E-state index contributed by atoms with van der Waals surface area (Å²) in [6.07, 6.45) is 0.261. The average molecular weight is 416 g/mol. The first-order valence-electron chi connectivity index (χ1n) is 9.86. The molecule has 1 heterocycles. The zero-order chi connectivity index (χ0) is 21.2. The van der Waals surface area contributed by atoms with E-state index in [4.69, 9.17) is 5.14 Å². The largest absolute Gasteiger partial charge is 0.340 e. The van der Waals surface area contributed by atoms with Crippen molar-refractivity contribution in [3.8, 4) is 0 Å². The summed E-state index contributed by atoms with van der Waals surface area (Å²) in [7, 11) is -3.71. The third-order valence-electron chi connectivity index (χ3n) is 5.70. The minimum atomic E-state index is -3.71. The van der Waals surface area contributed by atoms with Crippen LogP contribution in [0.25, 0.3) is 0 Å². The first kappa shape index (κ1) is 21.5. The number of primary sulfonamides is 1. The quantitative estimate of drug-likeness (QED) is 0.813. The van der Waals surface area contributed by atoms with Crippen LogP contribution >= 0.6 is 0 Å². The van der Waals surface area contributed by atoms with Gasteiger partial charge >= 0.3 is 0 Å². The monoisotopic (exact) mass is 415 g/mol. The van der Waals surface area contributed by atoms with E-state index in [2.05, 4.69) is 43.9 Å². The van der Waals surface area contributed by atoms with Crippen LogP contribution < -0.4 is 5.14 Å². The summed E-state index contributed by atoms with van der Waals surface area (Å²) >= 11 is 0. The van der Waals surface area contributed by atoms with E-state index in [-0.39, 0.29) is 17.2 Å². The summed E-state index contributed by atoms with van der Waals surface area (Å²) in [6.45, 7) is 9.55. The number of rotatable bonds is 5. The normalized spacial score (nSPS) is 16.6. The Labute approximate surface area is 173 Å².